The summed E-state index contributed by atoms with van der Waals surface area (Å²) in [5.74, 6) is 0.748. The third-order valence-electron chi connectivity index (χ3n) is 7.29. The molecular formula is C28H46N2O4S. The molecule has 2 N–H and O–H groups in total. The number of aromatic nitrogens is 1. The van der Waals surface area contributed by atoms with Crippen molar-refractivity contribution < 1.29 is 19.5 Å². The molecule has 0 bridgehead atoms. The van der Waals surface area contributed by atoms with E-state index in [2.05, 4.69) is 24.1 Å². The van der Waals surface area contributed by atoms with Gasteiger partial charge in [0.1, 0.15) is 12.6 Å². The molecule has 1 aliphatic rings. The molecule has 1 aromatic heterocycles. The minimum Gasteiger partial charge on any atom is -0.392 e. The Morgan fingerprint density at radius 3 is 2.37 bits per heavy atom. The van der Waals surface area contributed by atoms with Gasteiger partial charge in [0.15, 0.2) is 0 Å². The van der Waals surface area contributed by atoms with Crippen LogP contribution in [0.1, 0.15) is 97.2 Å². The van der Waals surface area contributed by atoms with Crippen LogP contribution in [0.2, 0.25) is 0 Å². The van der Waals surface area contributed by atoms with Crippen molar-refractivity contribution in [2.75, 3.05) is 0 Å². The van der Waals surface area contributed by atoms with E-state index in [9.17, 15) is 14.7 Å². The van der Waals surface area contributed by atoms with Crippen LogP contribution in [0.25, 0.3) is 6.08 Å². The molecule has 35 heavy (non-hydrogen) atoms. The predicted octanol–water partition coefficient (Wildman–Crippen LogP) is 5.76. The second-order valence-electron chi connectivity index (χ2n) is 11.0. The number of carbonyl (C=O) groups is 3. The largest absolute Gasteiger partial charge is 0.392 e. The number of aryl methyl sites for hydroxylation is 1. The zero-order valence-corrected chi connectivity index (χ0v) is 23.5. The molecule has 1 saturated heterocycles. The number of Topliss-reactive ketones (excluding diaryl/α,β-unsaturated/α-hetero) is 1. The maximum absolute atomic E-state index is 13.1. The van der Waals surface area contributed by atoms with E-state index < -0.39 is 11.5 Å². The van der Waals surface area contributed by atoms with E-state index in [1.54, 1.807) is 25.2 Å². The third kappa shape index (κ3) is 9.96. The molecule has 0 aliphatic carbocycles. The number of hydrogen-bond acceptors (Lipinski definition) is 6. The average molecular weight is 507 g/mol. The van der Waals surface area contributed by atoms with Gasteiger partial charge in [0.05, 0.1) is 34.7 Å². The smallest absolute Gasteiger partial charge is 0.223 e. The molecule has 2 heterocycles. The van der Waals surface area contributed by atoms with Crippen molar-refractivity contribution in [1.82, 2.24) is 10.3 Å². The van der Waals surface area contributed by atoms with Crippen molar-refractivity contribution in [2.24, 2.45) is 23.2 Å². The Hall–Kier alpha value is -1.86. The van der Waals surface area contributed by atoms with Crippen LogP contribution in [0.15, 0.2) is 11.0 Å². The van der Waals surface area contributed by atoms with Crippen LogP contribution in [0.3, 0.4) is 0 Å². The molecule has 0 spiro atoms. The molecule has 1 aliphatic heterocycles. The van der Waals surface area contributed by atoms with Gasteiger partial charge in [0, 0.05) is 11.3 Å². The Morgan fingerprint density at radius 2 is 1.77 bits per heavy atom. The molecule has 1 amide bonds. The molecular weight excluding hydrogens is 460 g/mol. The van der Waals surface area contributed by atoms with Crippen molar-refractivity contribution in [2.45, 2.75) is 106 Å². The summed E-state index contributed by atoms with van der Waals surface area (Å²) in [5.41, 5.74) is 1.02. The lowest BCUT2D eigenvalue weighted by Crippen LogP contribution is -2.45. The molecule has 0 saturated carbocycles. The molecule has 1 aromatic rings. The lowest BCUT2D eigenvalue weighted by atomic mass is 9.74. The number of carbonyl (C=O) groups excluding carboxylic acids is 3. The van der Waals surface area contributed by atoms with Crippen molar-refractivity contribution in [3.05, 3.63) is 21.7 Å². The van der Waals surface area contributed by atoms with Gasteiger partial charge in [-0.3, -0.25) is 9.59 Å². The van der Waals surface area contributed by atoms with E-state index in [0.717, 1.165) is 54.8 Å². The van der Waals surface area contributed by atoms with Crippen LogP contribution in [0.4, 0.5) is 0 Å². The van der Waals surface area contributed by atoms with Crippen LogP contribution in [-0.4, -0.2) is 40.7 Å². The Labute approximate surface area is 216 Å². The molecule has 0 radical (unpaired) electrons. The fraction of sp³-hybridized carbons (Fsp3) is 0.714. The second kappa shape index (κ2) is 14.6. The molecule has 0 aromatic carbocycles. The number of ketones is 1. The molecule has 6 nitrogen and oxygen atoms in total. The Kier molecular flexibility index (Phi) is 13.0. The van der Waals surface area contributed by atoms with E-state index in [4.69, 9.17) is 4.79 Å². The molecule has 2 rings (SSSR count). The zero-order chi connectivity index (χ0) is 26.8. The summed E-state index contributed by atoms with van der Waals surface area (Å²) >= 11 is 1.61. The minimum absolute atomic E-state index is 0.0432. The van der Waals surface area contributed by atoms with Crippen molar-refractivity contribution >= 4 is 35.9 Å². The highest BCUT2D eigenvalue weighted by Crippen LogP contribution is 2.32. The highest BCUT2D eigenvalue weighted by Gasteiger charge is 2.39. The third-order valence-corrected chi connectivity index (χ3v) is 8.08. The molecule has 198 valence electrons. The highest BCUT2D eigenvalue weighted by molar-refractivity contribution is 7.09. The standard InChI is InChI=1S/C27H44N2O3S.CH2O/c1-17-9-8-10-18(2)13-20(4)26(32)27(6,7)24(30)15-25(31)29-23(12-11-17)19(3)14-22-16-33-21(5)28-22;1-2/h14,16-18,20,23-24,30H,8-13,15H2,1-7H3,(H,29,31);1H2/b19-14+;/t17-,18-,20+,23-,24-;/m0./s1. The quantitative estimate of drug-likeness (QED) is 0.531. The monoisotopic (exact) mass is 506 g/mol. The summed E-state index contributed by atoms with van der Waals surface area (Å²) in [7, 11) is 0. The van der Waals surface area contributed by atoms with Crippen LogP contribution in [0.5, 0.6) is 0 Å². The number of hydrogen-bond donors (Lipinski definition) is 2. The maximum atomic E-state index is 13.1. The van der Waals surface area contributed by atoms with Crippen molar-refractivity contribution in [3.63, 3.8) is 0 Å². The lowest BCUT2D eigenvalue weighted by molar-refractivity contribution is -0.139. The normalized spacial score (nSPS) is 29.6. The summed E-state index contributed by atoms with van der Waals surface area (Å²) in [6, 6.07) is -0.112. The minimum atomic E-state index is -1.01. The van der Waals surface area contributed by atoms with Gasteiger partial charge >= 0.3 is 0 Å². The first-order valence-corrected chi connectivity index (χ1v) is 13.7. The first-order chi connectivity index (χ1) is 16.4. The lowest BCUT2D eigenvalue weighted by Gasteiger charge is -2.33. The molecule has 1 fully saturated rings. The Bertz CT molecular complexity index is 848. The van der Waals surface area contributed by atoms with Gasteiger partial charge in [-0.25, -0.2) is 4.98 Å². The number of amides is 1. The number of thiazole rings is 1. The van der Waals surface area contributed by atoms with Crippen LogP contribution in [-0.2, 0) is 14.4 Å². The highest BCUT2D eigenvalue weighted by atomic mass is 32.1. The zero-order valence-electron chi connectivity index (χ0n) is 22.7. The van der Waals surface area contributed by atoms with E-state index in [-0.39, 0.29) is 30.1 Å². The van der Waals surface area contributed by atoms with Crippen molar-refractivity contribution in [3.8, 4) is 0 Å². The van der Waals surface area contributed by atoms with E-state index in [1.807, 2.05) is 39.0 Å². The number of aliphatic hydroxyl groups is 1. The molecule has 5 atom stereocenters. The Morgan fingerprint density at radius 1 is 1.14 bits per heavy atom. The van der Waals surface area contributed by atoms with Gasteiger partial charge in [-0.05, 0) is 56.6 Å². The second-order valence-corrected chi connectivity index (χ2v) is 12.0. The fourth-order valence-electron chi connectivity index (χ4n) is 4.92. The maximum Gasteiger partial charge on any atom is 0.223 e. The Balaban J connectivity index is 0.00000298. The topological polar surface area (TPSA) is 96.4 Å². The van der Waals surface area contributed by atoms with E-state index >= 15 is 0 Å². The first-order valence-electron chi connectivity index (χ1n) is 12.8. The summed E-state index contributed by atoms with van der Waals surface area (Å²) < 4.78 is 0. The first kappa shape index (κ1) is 31.2. The van der Waals surface area contributed by atoms with Crippen LogP contribution >= 0.6 is 11.3 Å². The summed E-state index contributed by atoms with van der Waals surface area (Å²) in [6.45, 7) is 16.0. The number of nitrogens with zero attached hydrogens (tertiary/aromatic N) is 1. The fourth-order valence-corrected chi connectivity index (χ4v) is 5.49. The van der Waals surface area contributed by atoms with Crippen LogP contribution in [0, 0.1) is 30.1 Å². The summed E-state index contributed by atoms with van der Waals surface area (Å²) in [5, 5.41) is 17.1. The molecule has 7 heteroatoms. The SMILES string of the molecule is C/C(=C\c1csc(C)n1)[C@@H]1CC[C@@H](C)CCC[C@H](C)C[C@@H](C)C(=O)C(C)(C)[C@@H](O)CC(=O)N1.C=O. The van der Waals surface area contributed by atoms with Crippen molar-refractivity contribution in [1.29, 1.82) is 0 Å². The predicted molar refractivity (Wildman–Crippen MR) is 144 cm³/mol. The van der Waals surface area contributed by atoms with Gasteiger partial charge in [-0.2, -0.15) is 0 Å². The van der Waals surface area contributed by atoms with Gasteiger partial charge in [-0.1, -0.05) is 53.9 Å². The average Bonchev–Trinajstić information content (AvgIpc) is 3.20. The summed E-state index contributed by atoms with van der Waals surface area (Å²) in [4.78, 5) is 38.6. The summed E-state index contributed by atoms with van der Waals surface area (Å²) in [6.07, 6.45) is 7.10. The number of nitrogens with one attached hydrogen (secondary N) is 1. The van der Waals surface area contributed by atoms with Gasteiger partial charge in [0.25, 0.3) is 0 Å². The van der Waals surface area contributed by atoms with Gasteiger partial charge in [0.2, 0.25) is 5.91 Å². The van der Waals surface area contributed by atoms with Gasteiger partial charge in [-0.15, -0.1) is 11.3 Å². The van der Waals surface area contributed by atoms with E-state index in [1.165, 1.54) is 0 Å². The number of rotatable bonds is 2. The number of aliphatic hydroxyl groups excluding tert-OH is 1. The van der Waals surface area contributed by atoms with Crippen LogP contribution < -0.4 is 5.32 Å². The van der Waals surface area contributed by atoms with E-state index in [0.29, 0.717) is 11.8 Å². The van der Waals surface area contributed by atoms with Gasteiger partial charge < -0.3 is 15.2 Å². The molecule has 0 unspecified atom stereocenters.